The smallest absolute Gasteiger partial charge is 0.0541 e. The zero-order valence-corrected chi connectivity index (χ0v) is 54.7. The number of rotatable bonds is 13. The van der Waals surface area contributed by atoms with Crippen LogP contribution in [-0.4, -0.2) is 4.57 Å². The molecule has 1 aromatic heterocycles. The summed E-state index contributed by atoms with van der Waals surface area (Å²) in [7, 11) is 0. The van der Waals surface area contributed by atoms with Gasteiger partial charge in [-0.1, -0.05) is 279 Å². The van der Waals surface area contributed by atoms with Gasteiger partial charge in [0.05, 0.1) is 45.2 Å². The van der Waals surface area contributed by atoms with E-state index in [2.05, 4.69) is 408 Å². The van der Waals surface area contributed by atoms with Crippen LogP contribution in [0.1, 0.15) is 0 Å². The first-order valence-corrected chi connectivity index (χ1v) is 34.4. The van der Waals surface area contributed by atoms with Crippen LogP contribution < -0.4 is 14.7 Å². The molecule has 100 heavy (non-hydrogen) atoms. The number of hydrogen-bond acceptors (Lipinski definition) is 3. The number of anilines is 9. The van der Waals surface area contributed by atoms with E-state index >= 15 is 0 Å². The van der Waals surface area contributed by atoms with E-state index in [0.717, 1.165) is 101 Å². The molecule has 0 aliphatic rings. The van der Waals surface area contributed by atoms with Crippen LogP contribution >= 0.6 is 0 Å². The van der Waals surface area contributed by atoms with E-state index in [1.807, 2.05) is 0 Å². The van der Waals surface area contributed by atoms with Gasteiger partial charge in [-0.25, -0.2) is 0 Å². The summed E-state index contributed by atoms with van der Waals surface area (Å²) in [5.74, 6) is 0. The van der Waals surface area contributed by atoms with Crippen molar-refractivity contribution in [1.29, 1.82) is 0 Å². The van der Waals surface area contributed by atoms with Gasteiger partial charge >= 0.3 is 0 Å². The molecular weight excluding hydrogens is 1210 g/mol. The summed E-state index contributed by atoms with van der Waals surface area (Å²) in [6.07, 6.45) is 0. The molecule has 0 spiro atoms. The SMILES string of the molecule is c1ccc2c(N(c3ccc(-c4ccc(-n5c6ccc(-c7ccc(N(c8cccc9ccccc89)c8cccc9ccccc89)cc7)cc6c6cc(-c7ccc(N(c8cccc9ccccc89)c8cccc9ccccc89)cc7)ccc65)cc4)cc3)c3cccc4ccccc34)cccc2c1. The predicted octanol–water partition coefficient (Wildman–Crippen LogP) is 27.1. The van der Waals surface area contributed by atoms with Crippen LogP contribution in [0.5, 0.6) is 0 Å². The second-order valence-corrected chi connectivity index (χ2v) is 26.0. The van der Waals surface area contributed by atoms with E-state index in [1.165, 1.54) is 75.4 Å². The van der Waals surface area contributed by atoms with Gasteiger partial charge in [0, 0.05) is 65.8 Å². The minimum absolute atomic E-state index is 1.09. The maximum absolute atomic E-state index is 2.45. The van der Waals surface area contributed by atoms with Crippen LogP contribution in [0.2, 0.25) is 0 Å². The molecule has 0 aliphatic carbocycles. The van der Waals surface area contributed by atoms with Gasteiger partial charge in [0.25, 0.3) is 0 Å². The Labute approximate surface area is 580 Å². The lowest BCUT2D eigenvalue weighted by atomic mass is 9.99. The molecule has 0 fully saturated rings. The van der Waals surface area contributed by atoms with E-state index in [9.17, 15) is 0 Å². The minimum Gasteiger partial charge on any atom is -0.309 e. The zero-order valence-electron chi connectivity index (χ0n) is 54.7. The molecule has 4 heteroatoms. The third-order valence-electron chi connectivity index (χ3n) is 20.3. The largest absolute Gasteiger partial charge is 0.309 e. The number of nitrogens with zero attached hydrogens (tertiary/aromatic N) is 4. The molecule has 0 N–H and O–H groups in total. The second-order valence-electron chi connectivity index (χ2n) is 26.0. The molecule has 0 unspecified atom stereocenters. The molecule has 0 radical (unpaired) electrons. The normalized spacial score (nSPS) is 11.6. The van der Waals surface area contributed by atoms with Crippen LogP contribution in [0.25, 0.3) is 126 Å². The summed E-state index contributed by atoms with van der Waals surface area (Å²) >= 11 is 0. The maximum Gasteiger partial charge on any atom is 0.0541 e. The molecule has 0 aliphatic heterocycles. The van der Waals surface area contributed by atoms with Crippen molar-refractivity contribution in [2.75, 3.05) is 14.7 Å². The van der Waals surface area contributed by atoms with Gasteiger partial charge in [-0.3, -0.25) is 0 Å². The van der Waals surface area contributed by atoms with Crippen LogP contribution in [0, 0.1) is 0 Å². The molecule has 0 amide bonds. The summed E-state index contributed by atoms with van der Waals surface area (Å²) in [4.78, 5) is 7.28. The molecular formula is C96H64N4. The Kier molecular flexibility index (Phi) is 14.2. The van der Waals surface area contributed by atoms with Crippen molar-refractivity contribution in [1.82, 2.24) is 4.57 Å². The fourth-order valence-electron chi connectivity index (χ4n) is 15.5. The fraction of sp³-hybridized carbons (Fsp3) is 0. The molecule has 4 nitrogen and oxygen atoms in total. The van der Waals surface area contributed by atoms with Crippen LogP contribution in [0.3, 0.4) is 0 Å². The summed E-state index contributed by atoms with van der Waals surface area (Å²) in [5, 5.41) is 16.8. The third kappa shape index (κ3) is 10.1. The highest BCUT2D eigenvalue weighted by molar-refractivity contribution is 6.13. The Bertz CT molecular complexity index is 5820. The molecule has 0 bridgehead atoms. The Morgan fingerprint density at radius 2 is 0.370 bits per heavy atom. The van der Waals surface area contributed by atoms with Crippen LogP contribution in [0.15, 0.2) is 388 Å². The first-order chi connectivity index (χ1) is 49.6. The van der Waals surface area contributed by atoms with E-state index < -0.39 is 0 Å². The predicted molar refractivity (Wildman–Crippen MR) is 426 cm³/mol. The standard InChI is InChI=1S/C96H64N4/c1-7-31-81-69(19-1)25-13-37-89(81)97(90-38-14-26-70-20-2-8-32-82(70)90)77-53-43-65(44-54-77)66-45-55-80(56-46-66)100-95-61-51-75(67-47-57-78(58-48-67)98(91-39-15-27-71-21-3-9-33-83(71)91)92-40-16-28-72-22-4-10-34-84(72)92)63-87(95)88-64-76(52-62-96(88)100)68-49-59-79(60-50-68)99(93-41-17-29-73-23-5-11-35-85(73)93)94-42-18-30-74-24-6-12-36-86(74)94/h1-64H. The first-order valence-electron chi connectivity index (χ1n) is 34.4. The highest BCUT2D eigenvalue weighted by Gasteiger charge is 2.23. The molecule has 19 rings (SSSR count). The number of aromatic nitrogens is 1. The number of fused-ring (bicyclic) bond motifs is 9. The van der Waals surface area contributed by atoms with Gasteiger partial charge < -0.3 is 19.3 Å². The molecule has 468 valence electrons. The number of benzene rings is 18. The van der Waals surface area contributed by atoms with Crippen molar-refractivity contribution in [3.63, 3.8) is 0 Å². The summed E-state index contributed by atoms with van der Waals surface area (Å²) in [5.41, 5.74) is 20.3. The summed E-state index contributed by atoms with van der Waals surface area (Å²) < 4.78 is 2.45. The number of hydrogen-bond donors (Lipinski definition) is 0. The molecule has 1 heterocycles. The molecule has 0 atom stereocenters. The van der Waals surface area contributed by atoms with Gasteiger partial charge in [-0.05, 0) is 175 Å². The van der Waals surface area contributed by atoms with Crippen molar-refractivity contribution >= 4 is 138 Å². The van der Waals surface area contributed by atoms with E-state index in [0.29, 0.717) is 0 Å². The lowest BCUT2D eigenvalue weighted by molar-refractivity contribution is 1.18. The minimum atomic E-state index is 1.09. The van der Waals surface area contributed by atoms with Gasteiger partial charge in [0.2, 0.25) is 0 Å². The van der Waals surface area contributed by atoms with Crippen molar-refractivity contribution in [3.05, 3.63) is 388 Å². The van der Waals surface area contributed by atoms with Crippen molar-refractivity contribution < 1.29 is 0 Å². The molecule has 0 saturated carbocycles. The van der Waals surface area contributed by atoms with Crippen molar-refractivity contribution in [2.24, 2.45) is 0 Å². The second kappa shape index (κ2) is 24.4. The van der Waals surface area contributed by atoms with Gasteiger partial charge in [0.1, 0.15) is 0 Å². The fourth-order valence-corrected chi connectivity index (χ4v) is 15.5. The lowest BCUT2D eigenvalue weighted by Crippen LogP contribution is -2.11. The Morgan fingerprint density at radius 1 is 0.160 bits per heavy atom. The molecule has 0 saturated heterocycles. The van der Waals surface area contributed by atoms with Crippen LogP contribution in [0.4, 0.5) is 51.2 Å². The van der Waals surface area contributed by atoms with Gasteiger partial charge in [-0.15, -0.1) is 0 Å². The third-order valence-corrected chi connectivity index (χ3v) is 20.3. The first kappa shape index (κ1) is 58.1. The average molecular weight is 1270 g/mol. The Balaban J connectivity index is 0.718. The summed E-state index contributed by atoms with van der Waals surface area (Å²) in [6.45, 7) is 0. The Morgan fingerprint density at radius 3 is 0.630 bits per heavy atom. The molecule has 19 aromatic rings. The lowest BCUT2D eigenvalue weighted by Gasteiger charge is -2.28. The highest BCUT2D eigenvalue weighted by Crippen LogP contribution is 2.48. The average Bonchev–Trinajstić information content (AvgIpc) is 1.32. The maximum atomic E-state index is 2.45. The topological polar surface area (TPSA) is 14.7 Å². The Hall–Kier alpha value is -13.3. The van der Waals surface area contributed by atoms with Crippen LogP contribution in [-0.2, 0) is 0 Å². The summed E-state index contributed by atoms with van der Waals surface area (Å²) in [6, 6.07) is 142. The van der Waals surface area contributed by atoms with Crippen molar-refractivity contribution in [3.8, 4) is 39.1 Å². The zero-order chi connectivity index (χ0) is 66.0. The van der Waals surface area contributed by atoms with E-state index in [4.69, 9.17) is 0 Å². The van der Waals surface area contributed by atoms with E-state index in [-0.39, 0.29) is 0 Å². The van der Waals surface area contributed by atoms with Crippen molar-refractivity contribution in [2.45, 2.75) is 0 Å². The van der Waals surface area contributed by atoms with Gasteiger partial charge in [0.15, 0.2) is 0 Å². The highest BCUT2D eigenvalue weighted by atomic mass is 15.2. The quantitative estimate of drug-likeness (QED) is 0.114. The van der Waals surface area contributed by atoms with Gasteiger partial charge in [-0.2, -0.15) is 0 Å². The van der Waals surface area contributed by atoms with E-state index in [1.54, 1.807) is 0 Å². The molecule has 18 aromatic carbocycles. The monoisotopic (exact) mass is 1270 g/mol.